The third kappa shape index (κ3) is 1.92. The quantitative estimate of drug-likeness (QED) is 0.723. The molecule has 0 aliphatic rings. The molecule has 0 atom stereocenters. The molecule has 6 nitrogen and oxygen atoms in total. The zero-order valence-electron chi connectivity index (χ0n) is 9.75. The second-order valence-corrected chi connectivity index (χ2v) is 3.87. The van der Waals surface area contributed by atoms with Crippen molar-refractivity contribution < 1.29 is 24.9 Å². The summed E-state index contributed by atoms with van der Waals surface area (Å²) in [6, 6.07) is 1.35. The second-order valence-electron chi connectivity index (χ2n) is 3.87. The van der Waals surface area contributed by atoms with Gasteiger partial charge in [0.15, 0.2) is 11.5 Å². The van der Waals surface area contributed by atoms with Crippen LogP contribution in [-0.2, 0) is 4.79 Å². The first-order chi connectivity index (χ1) is 8.54. The Morgan fingerprint density at radius 2 is 2.06 bits per heavy atom. The molecule has 2 aromatic heterocycles. The molecular formula is C12H13NO5. The van der Waals surface area contributed by atoms with Crippen molar-refractivity contribution in [2.24, 2.45) is 0 Å². The maximum atomic E-state index is 11.3. The topological polar surface area (TPSA) is 91.4 Å². The Morgan fingerprint density at radius 3 is 2.72 bits per heavy atom. The van der Waals surface area contributed by atoms with E-state index in [4.69, 9.17) is 4.74 Å². The zero-order valence-corrected chi connectivity index (χ0v) is 9.75. The van der Waals surface area contributed by atoms with Gasteiger partial charge in [-0.15, -0.1) is 0 Å². The molecule has 96 valence electrons. The first-order valence-electron chi connectivity index (χ1n) is 5.49. The summed E-state index contributed by atoms with van der Waals surface area (Å²) in [4.78, 5) is 11.3. The van der Waals surface area contributed by atoms with Crippen molar-refractivity contribution in [2.45, 2.75) is 19.8 Å². The van der Waals surface area contributed by atoms with Gasteiger partial charge in [-0.25, -0.2) is 0 Å². The molecule has 2 rings (SSSR count). The fraction of sp³-hybridized carbons (Fsp3) is 0.250. The van der Waals surface area contributed by atoms with E-state index in [0.29, 0.717) is 6.42 Å². The first-order valence-corrected chi connectivity index (χ1v) is 5.49. The number of ether oxygens (including phenoxy) is 1. The highest BCUT2D eigenvalue weighted by Crippen LogP contribution is 2.42. The Labute approximate surface area is 103 Å². The van der Waals surface area contributed by atoms with E-state index in [0.717, 1.165) is 0 Å². The number of aromatic hydroxyl groups is 3. The van der Waals surface area contributed by atoms with Crippen LogP contribution in [0, 0.1) is 0 Å². The number of aromatic nitrogens is 1. The van der Waals surface area contributed by atoms with Crippen molar-refractivity contribution in [3.8, 4) is 23.0 Å². The average Bonchev–Trinajstić information content (AvgIpc) is 2.67. The molecular weight excluding hydrogens is 238 g/mol. The Balaban J connectivity index is 2.46. The van der Waals surface area contributed by atoms with E-state index in [-0.39, 0.29) is 23.4 Å². The van der Waals surface area contributed by atoms with Crippen molar-refractivity contribution in [1.29, 1.82) is 0 Å². The highest BCUT2D eigenvalue weighted by atomic mass is 16.5. The molecule has 2 heterocycles. The Hall–Kier alpha value is -2.37. The molecule has 0 unspecified atom stereocenters. The molecule has 18 heavy (non-hydrogen) atoms. The minimum absolute atomic E-state index is 0.0581. The summed E-state index contributed by atoms with van der Waals surface area (Å²) >= 11 is 0. The van der Waals surface area contributed by atoms with Crippen LogP contribution in [0.25, 0.3) is 5.52 Å². The minimum Gasteiger partial charge on any atom is -0.506 e. The van der Waals surface area contributed by atoms with E-state index in [9.17, 15) is 20.1 Å². The maximum absolute atomic E-state index is 11.3. The molecule has 0 aromatic carbocycles. The van der Waals surface area contributed by atoms with E-state index in [1.807, 2.05) is 6.92 Å². The molecule has 6 heteroatoms. The lowest BCUT2D eigenvalue weighted by atomic mass is 10.3. The molecule has 2 aromatic rings. The zero-order chi connectivity index (χ0) is 13.3. The van der Waals surface area contributed by atoms with Gasteiger partial charge in [0.1, 0.15) is 11.3 Å². The van der Waals surface area contributed by atoms with Crippen LogP contribution in [0.15, 0.2) is 18.5 Å². The van der Waals surface area contributed by atoms with E-state index >= 15 is 0 Å². The van der Waals surface area contributed by atoms with E-state index in [2.05, 4.69) is 0 Å². The molecule has 0 bridgehead atoms. The molecule has 3 N–H and O–H groups in total. The molecule has 0 aliphatic heterocycles. The predicted molar refractivity (Wildman–Crippen MR) is 62.9 cm³/mol. The summed E-state index contributed by atoms with van der Waals surface area (Å²) < 4.78 is 6.29. The van der Waals surface area contributed by atoms with Crippen molar-refractivity contribution in [1.82, 2.24) is 4.40 Å². The van der Waals surface area contributed by atoms with Crippen LogP contribution in [0.1, 0.15) is 19.8 Å². The SMILES string of the molecule is CCCC(=O)Oc1cn2ccc(O)c2c(O)c1O. The van der Waals surface area contributed by atoms with E-state index < -0.39 is 17.5 Å². The van der Waals surface area contributed by atoms with Gasteiger partial charge in [0.05, 0.1) is 6.20 Å². The number of fused-ring (bicyclic) bond motifs is 1. The molecule has 0 aliphatic carbocycles. The van der Waals surface area contributed by atoms with Gasteiger partial charge in [0.25, 0.3) is 0 Å². The van der Waals surface area contributed by atoms with E-state index in [1.54, 1.807) is 0 Å². The predicted octanol–water partition coefficient (Wildman–Crippen LogP) is 1.76. The summed E-state index contributed by atoms with van der Waals surface area (Å²) in [5.41, 5.74) is 0.0581. The number of esters is 1. The van der Waals surface area contributed by atoms with Crippen molar-refractivity contribution in [2.75, 3.05) is 0 Å². The largest absolute Gasteiger partial charge is 0.506 e. The van der Waals surface area contributed by atoms with Crippen LogP contribution in [0.3, 0.4) is 0 Å². The lowest BCUT2D eigenvalue weighted by Gasteiger charge is -2.09. The number of carbonyl (C=O) groups excluding carboxylic acids is 1. The normalized spacial score (nSPS) is 10.7. The Bertz CT molecular complexity index is 602. The fourth-order valence-electron chi connectivity index (χ4n) is 1.66. The summed E-state index contributed by atoms with van der Waals surface area (Å²) in [7, 11) is 0. The van der Waals surface area contributed by atoms with Crippen molar-refractivity contribution >= 4 is 11.5 Å². The molecule has 0 amide bonds. The summed E-state index contributed by atoms with van der Waals surface area (Å²) in [5.74, 6) is -1.91. The summed E-state index contributed by atoms with van der Waals surface area (Å²) in [6.07, 6.45) is 3.63. The standard InChI is InChI=1S/C12H13NO5/c1-2-3-9(15)18-8-6-13-5-4-7(14)10(13)12(17)11(8)16/h4-6,14,16-17H,2-3H2,1H3. The number of nitrogens with zero attached hydrogens (tertiary/aromatic N) is 1. The first kappa shape index (κ1) is 12.1. The number of carbonyl (C=O) groups is 1. The molecule has 0 spiro atoms. The van der Waals surface area contributed by atoms with Gasteiger partial charge in [-0.05, 0) is 12.5 Å². The third-order valence-corrected chi connectivity index (χ3v) is 2.51. The molecule has 0 saturated heterocycles. The summed E-state index contributed by atoms with van der Waals surface area (Å²) in [5, 5.41) is 28.9. The highest BCUT2D eigenvalue weighted by molar-refractivity contribution is 5.78. The van der Waals surface area contributed by atoms with Crippen LogP contribution in [0.2, 0.25) is 0 Å². The lowest BCUT2D eigenvalue weighted by Crippen LogP contribution is -2.07. The lowest BCUT2D eigenvalue weighted by molar-refractivity contribution is -0.134. The number of hydrogen-bond donors (Lipinski definition) is 3. The second kappa shape index (κ2) is 4.48. The maximum Gasteiger partial charge on any atom is 0.311 e. The van der Waals surface area contributed by atoms with Gasteiger partial charge in [0, 0.05) is 12.6 Å². The molecule has 0 saturated carbocycles. The van der Waals surface area contributed by atoms with Crippen molar-refractivity contribution in [3.63, 3.8) is 0 Å². The number of pyridine rings is 1. The Morgan fingerprint density at radius 1 is 1.33 bits per heavy atom. The molecule has 0 fully saturated rings. The molecule has 0 radical (unpaired) electrons. The van der Waals surface area contributed by atoms with Gasteiger partial charge in [-0.3, -0.25) is 4.79 Å². The number of hydrogen-bond acceptors (Lipinski definition) is 5. The van der Waals surface area contributed by atoms with E-state index in [1.165, 1.54) is 22.9 Å². The smallest absolute Gasteiger partial charge is 0.311 e. The minimum atomic E-state index is -0.569. The number of rotatable bonds is 3. The van der Waals surface area contributed by atoms with Gasteiger partial charge in [-0.1, -0.05) is 6.92 Å². The van der Waals surface area contributed by atoms with Crippen LogP contribution in [-0.4, -0.2) is 25.7 Å². The van der Waals surface area contributed by atoms with Gasteiger partial charge >= 0.3 is 5.97 Å². The van der Waals surface area contributed by atoms with Crippen LogP contribution >= 0.6 is 0 Å². The van der Waals surface area contributed by atoms with Gasteiger partial charge < -0.3 is 24.5 Å². The highest BCUT2D eigenvalue weighted by Gasteiger charge is 2.18. The fourth-order valence-corrected chi connectivity index (χ4v) is 1.66. The van der Waals surface area contributed by atoms with Crippen LogP contribution < -0.4 is 4.74 Å². The van der Waals surface area contributed by atoms with Crippen LogP contribution in [0.4, 0.5) is 0 Å². The third-order valence-electron chi connectivity index (χ3n) is 2.51. The average molecular weight is 251 g/mol. The van der Waals surface area contributed by atoms with Gasteiger partial charge in [0.2, 0.25) is 5.75 Å². The Kier molecular flexibility index (Phi) is 3.01. The van der Waals surface area contributed by atoms with Crippen molar-refractivity contribution in [3.05, 3.63) is 18.5 Å². The summed E-state index contributed by atoms with van der Waals surface area (Å²) in [6.45, 7) is 1.83. The van der Waals surface area contributed by atoms with Crippen LogP contribution in [0.5, 0.6) is 23.0 Å². The monoisotopic (exact) mass is 251 g/mol. The van der Waals surface area contributed by atoms with Gasteiger partial charge in [-0.2, -0.15) is 0 Å².